The van der Waals surface area contributed by atoms with Gasteiger partial charge in [0, 0.05) is 23.5 Å². The van der Waals surface area contributed by atoms with Crippen molar-refractivity contribution in [1.29, 1.82) is 0 Å². The van der Waals surface area contributed by atoms with Gasteiger partial charge >= 0.3 is 18.9 Å². The zero-order valence-electron chi connectivity index (χ0n) is 21.7. The van der Waals surface area contributed by atoms with Gasteiger partial charge in [0.1, 0.15) is 11.5 Å². The van der Waals surface area contributed by atoms with Crippen molar-refractivity contribution in [2.45, 2.75) is 26.7 Å². The Morgan fingerprint density at radius 3 is 2.50 bits per heavy atom. The fraction of sp³-hybridized carbons (Fsp3) is 0.118. The number of fused-ring (bicyclic) bond motifs is 4. The van der Waals surface area contributed by atoms with Crippen molar-refractivity contribution in [3.63, 3.8) is 0 Å². The quantitative estimate of drug-likeness (QED) is 0.267. The van der Waals surface area contributed by atoms with Crippen molar-refractivity contribution in [2.24, 2.45) is 0 Å². The first-order chi connectivity index (χ1) is 18.1. The number of hydrogen-bond acceptors (Lipinski definition) is 2. The molecule has 3 heterocycles. The Morgan fingerprint density at radius 1 is 0.711 bits per heavy atom. The van der Waals surface area contributed by atoms with Crippen molar-refractivity contribution in [3.8, 4) is 45.3 Å². The van der Waals surface area contributed by atoms with E-state index in [0.29, 0.717) is 0 Å². The molecule has 0 spiro atoms. The van der Waals surface area contributed by atoms with E-state index in [0.717, 1.165) is 52.4 Å². The molecule has 174 valence electrons. The van der Waals surface area contributed by atoms with E-state index < -0.39 is 0 Å². The SMILES string of the molecule is Cc1cc[c-]c(-c2[c-]c3c4c(c2)Oc2cccc5c2B4c2c(cc4c(c2O3)Cc2ccc(C)cc2-4)C5)c1.[Li+]. The summed E-state index contributed by atoms with van der Waals surface area (Å²) in [5.74, 6) is 3.65. The molecule has 0 N–H and O–H groups in total. The van der Waals surface area contributed by atoms with Gasteiger partial charge in [-0.15, -0.1) is 23.8 Å². The molecule has 5 aromatic rings. The second-order valence-corrected chi connectivity index (χ2v) is 10.9. The minimum absolute atomic E-state index is 0. The van der Waals surface area contributed by atoms with Crippen LogP contribution >= 0.6 is 0 Å². The maximum absolute atomic E-state index is 6.90. The van der Waals surface area contributed by atoms with E-state index in [-0.39, 0.29) is 25.6 Å². The van der Waals surface area contributed by atoms with E-state index in [1.54, 1.807) is 0 Å². The van der Waals surface area contributed by atoms with E-state index >= 15 is 0 Å². The summed E-state index contributed by atoms with van der Waals surface area (Å²) >= 11 is 0. The predicted octanol–water partition coefficient (Wildman–Crippen LogP) is 2.78. The number of rotatable bonds is 1. The average molecular weight is 479 g/mol. The van der Waals surface area contributed by atoms with E-state index in [1.807, 2.05) is 6.07 Å². The Bertz CT molecular complexity index is 1870. The van der Waals surface area contributed by atoms with Gasteiger partial charge in [0.25, 0.3) is 0 Å². The van der Waals surface area contributed by atoms with Gasteiger partial charge in [-0.2, -0.15) is 18.2 Å². The summed E-state index contributed by atoms with van der Waals surface area (Å²) in [6.45, 7) is 4.39. The molecule has 4 aliphatic rings. The monoisotopic (exact) mass is 479 g/mol. The second kappa shape index (κ2) is 7.70. The van der Waals surface area contributed by atoms with Crippen LogP contribution in [-0.4, -0.2) is 6.71 Å². The van der Waals surface area contributed by atoms with Crippen LogP contribution in [0.3, 0.4) is 0 Å². The van der Waals surface area contributed by atoms with Gasteiger partial charge < -0.3 is 9.47 Å². The summed E-state index contributed by atoms with van der Waals surface area (Å²) in [4.78, 5) is 0. The Hall–Kier alpha value is -3.64. The molecule has 0 amide bonds. The molecule has 0 saturated heterocycles. The number of aryl methyl sites for hydroxylation is 2. The molecule has 1 aliphatic carbocycles. The molecule has 5 aromatic carbocycles. The van der Waals surface area contributed by atoms with E-state index in [4.69, 9.17) is 9.47 Å². The summed E-state index contributed by atoms with van der Waals surface area (Å²) in [7, 11) is 0. The van der Waals surface area contributed by atoms with Gasteiger partial charge in [0.15, 0.2) is 0 Å². The summed E-state index contributed by atoms with van der Waals surface area (Å²) in [6.07, 6.45) is 1.80. The van der Waals surface area contributed by atoms with Crippen molar-refractivity contribution < 1.29 is 28.3 Å². The minimum atomic E-state index is 0. The number of benzene rings is 5. The van der Waals surface area contributed by atoms with Gasteiger partial charge in [-0.25, -0.2) is 11.1 Å². The standard InChI is InChI=1S/C34H21BO2.Li/c1-18-5-3-6-20(11-18)23-16-29-33-30(17-23)37-34-27-14-21-10-9-19(2)12-25(21)26(27)15-24-13-22-7-4-8-28(36-29)31(22)35(33)32(24)34;/h3-5,7-12,15-16H,13-14H2,1-2H3;/q-2;+1. The molecule has 0 aromatic heterocycles. The Kier molecular flexibility index (Phi) is 4.53. The van der Waals surface area contributed by atoms with Gasteiger partial charge in [0.05, 0.1) is 0 Å². The molecule has 38 heavy (non-hydrogen) atoms. The molecule has 3 aliphatic heterocycles. The van der Waals surface area contributed by atoms with Gasteiger partial charge in [0.2, 0.25) is 6.71 Å². The van der Waals surface area contributed by atoms with Crippen LogP contribution in [-0.2, 0) is 12.8 Å². The van der Waals surface area contributed by atoms with Crippen molar-refractivity contribution in [2.75, 3.05) is 0 Å². The van der Waals surface area contributed by atoms with Crippen LogP contribution < -0.4 is 44.7 Å². The minimum Gasteiger partial charge on any atom is -0.478 e. The zero-order valence-corrected chi connectivity index (χ0v) is 21.7. The molecule has 0 unspecified atom stereocenters. The third-order valence-electron chi connectivity index (χ3n) is 8.54. The number of ether oxygens (including phenoxy) is 2. The first-order valence-corrected chi connectivity index (χ1v) is 13.0. The molecule has 9 rings (SSSR count). The summed E-state index contributed by atoms with van der Waals surface area (Å²) in [6, 6.07) is 31.1. The van der Waals surface area contributed by atoms with Crippen LogP contribution in [0, 0.1) is 26.0 Å². The molecule has 0 atom stereocenters. The molecule has 0 radical (unpaired) electrons. The molecule has 0 bridgehead atoms. The zero-order chi connectivity index (χ0) is 24.4. The Morgan fingerprint density at radius 2 is 1.61 bits per heavy atom. The maximum Gasteiger partial charge on any atom is 1.00 e. The average Bonchev–Trinajstić information content (AvgIpc) is 3.26. The van der Waals surface area contributed by atoms with Crippen LogP contribution in [0.25, 0.3) is 22.3 Å². The molecule has 0 fully saturated rings. The van der Waals surface area contributed by atoms with Crippen LogP contribution in [0.2, 0.25) is 0 Å². The van der Waals surface area contributed by atoms with Gasteiger partial charge in [-0.05, 0) is 58.2 Å². The Labute approximate surface area is 234 Å². The summed E-state index contributed by atoms with van der Waals surface area (Å²) in [5, 5.41) is 0. The van der Waals surface area contributed by atoms with Gasteiger partial charge in [-0.1, -0.05) is 54.3 Å². The number of hydrogen-bond donors (Lipinski definition) is 0. The first kappa shape index (κ1) is 22.4. The van der Waals surface area contributed by atoms with Crippen molar-refractivity contribution >= 4 is 23.1 Å². The molecular formula is C34H21BLiO2-. The predicted molar refractivity (Wildman–Crippen MR) is 148 cm³/mol. The molecule has 2 nitrogen and oxygen atoms in total. The van der Waals surface area contributed by atoms with Crippen molar-refractivity contribution in [3.05, 3.63) is 112 Å². The Balaban J connectivity index is 0.00000225. The molecule has 0 saturated carbocycles. The van der Waals surface area contributed by atoms with Crippen LogP contribution in [0.5, 0.6) is 23.0 Å². The maximum atomic E-state index is 6.90. The smallest absolute Gasteiger partial charge is 0.478 e. The normalized spacial score (nSPS) is 14.0. The fourth-order valence-electron chi connectivity index (χ4n) is 6.94. The van der Waals surface area contributed by atoms with E-state index in [2.05, 4.69) is 86.6 Å². The molecular weight excluding hydrogens is 458 g/mol. The fourth-order valence-corrected chi connectivity index (χ4v) is 6.94. The third kappa shape index (κ3) is 2.87. The topological polar surface area (TPSA) is 18.5 Å². The van der Waals surface area contributed by atoms with Crippen LogP contribution in [0.15, 0.2) is 66.7 Å². The van der Waals surface area contributed by atoms with Gasteiger partial charge in [-0.3, -0.25) is 0 Å². The second-order valence-electron chi connectivity index (χ2n) is 10.9. The summed E-state index contributed by atoms with van der Waals surface area (Å²) in [5.41, 5.74) is 16.2. The largest absolute Gasteiger partial charge is 1.00 e. The van der Waals surface area contributed by atoms with E-state index in [1.165, 1.54) is 55.4 Å². The van der Waals surface area contributed by atoms with Crippen LogP contribution in [0.1, 0.15) is 33.4 Å². The van der Waals surface area contributed by atoms with Crippen molar-refractivity contribution in [1.82, 2.24) is 0 Å². The van der Waals surface area contributed by atoms with E-state index in [9.17, 15) is 0 Å². The first-order valence-electron chi connectivity index (χ1n) is 13.0. The molecule has 4 heteroatoms. The third-order valence-corrected chi connectivity index (χ3v) is 8.54. The van der Waals surface area contributed by atoms with Crippen LogP contribution in [0.4, 0.5) is 0 Å². The summed E-state index contributed by atoms with van der Waals surface area (Å²) < 4.78 is 13.5.